The number of carbonyl (C=O) groups is 1. The standard InChI is InChI=1S/C20H22O7/c1-26-17-6-10(3-4-15(17)22)19-12-8-16(23)18(27-2)7-11(12)5-13(20(24)25)14(19)9-21/h3-4,6-8,13-14,19,21-23H,5,9H2,1-2H3,(H,24,25)/t13-,14-,19+/m0/s1. The van der Waals surface area contributed by atoms with Gasteiger partial charge in [-0.1, -0.05) is 6.07 Å². The molecule has 2 aromatic carbocycles. The highest BCUT2D eigenvalue weighted by atomic mass is 16.5. The third-order valence-corrected chi connectivity index (χ3v) is 5.25. The number of benzene rings is 2. The number of rotatable bonds is 5. The van der Waals surface area contributed by atoms with Crippen LogP contribution in [-0.4, -0.2) is 47.2 Å². The lowest BCUT2D eigenvalue weighted by Crippen LogP contribution is -2.37. The Bertz CT molecular complexity index is 862. The van der Waals surface area contributed by atoms with E-state index in [1.165, 1.54) is 20.3 Å². The second-order valence-electron chi connectivity index (χ2n) is 6.63. The summed E-state index contributed by atoms with van der Waals surface area (Å²) in [4.78, 5) is 11.9. The summed E-state index contributed by atoms with van der Waals surface area (Å²) in [7, 11) is 2.85. The Labute approximate surface area is 156 Å². The minimum atomic E-state index is -0.998. The average molecular weight is 374 g/mol. The zero-order chi connectivity index (χ0) is 19.7. The van der Waals surface area contributed by atoms with E-state index in [2.05, 4.69) is 0 Å². The quantitative estimate of drug-likeness (QED) is 0.633. The number of aliphatic carboxylic acids is 1. The molecule has 2 aromatic rings. The van der Waals surface area contributed by atoms with Gasteiger partial charge in [0.1, 0.15) is 0 Å². The van der Waals surface area contributed by atoms with Crippen LogP contribution in [-0.2, 0) is 11.2 Å². The van der Waals surface area contributed by atoms with Crippen LogP contribution in [0.15, 0.2) is 30.3 Å². The minimum absolute atomic E-state index is 0.0369. The molecule has 7 heteroatoms. The molecule has 4 N–H and O–H groups in total. The van der Waals surface area contributed by atoms with Crippen molar-refractivity contribution in [2.45, 2.75) is 12.3 Å². The van der Waals surface area contributed by atoms with Gasteiger partial charge in [-0.25, -0.2) is 0 Å². The SMILES string of the molecule is COc1cc([C@@H]2c3cc(O)c(OC)cc3C[C@H](C(=O)O)[C@@H]2CO)ccc1O. The van der Waals surface area contributed by atoms with Crippen molar-refractivity contribution in [2.75, 3.05) is 20.8 Å². The highest BCUT2D eigenvalue weighted by Gasteiger charge is 2.41. The smallest absolute Gasteiger partial charge is 0.307 e. The molecule has 3 atom stereocenters. The Kier molecular flexibility index (Phi) is 5.14. The lowest BCUT2D eigenvalue weighted by molar-refractivity contribution is -0.144. The molecular weight excluding hydrogens is 352 g/mol. The maximum absolute atomic E-state index is 11.9. The first-order chi connectivity index (χ1) is 12.9. The maximum Gasteiger partial charge on any atom is 0.307 e. The molecule has 27 heavy (non-hydrogen) atoms. The lowest BCUT2D eigenvalue weighted by atomic mass is 9.66. The van der Waals surface area contributed by atoms with E-state index in [0.29, 0.717) is 5.56 Å². The van der Waals surface area contributed by atoms with Crippen LogP contribution in [0.4, 0.5) is 0 Å². The molecule has 0 saturated heterocycles. The summed E-state index contributed by atoms with van der Waals surface area (Å²) >= 11 is 0. The summed E-state index contributed by atoms with van der Waals surface area (Å²) in [6.07, 6.45) is 0.220. The van der Waals surface area contributed by atoms with Gasteiger partial charge in [0.15, 0.2) is 23.0 Å². The van der Waals surface area contributed by atoms with Gasteiger partial charge in [0, 0.05) is 18.4 Å². The monoisotopic (exact) mass is 374 g/mol. The van der Waals surface area contributed by atoms with Crippen molar-refractivity contribution in [3.8, 4) is 23.0 Å². The van der Waals surface area contributed by atoms with E-state index < -0.39 is 23.7 Å². The van der Waals surface area contributed by atoms with Gasteiger partial charge in [-0.2, -0.15) is 0 Å². The number of carboxylic acid groups (broad SMARTS) is 1. The first-order valence-electron chi connectivity index (χ1n) is 8.51. The zero-order valence-corrected chi connectivity index (χ0v) is 15.0. The number of methoxy groups -OCH3 is 2. The summed E-state index contributed by atoms with van der Waals surface area (Å²) < 4.78 is 10.3. The predicted molar refractivity (Wildman–Crippen MR) is 96.6 cm³/mol. The normalized spacial score (nSPS) is 21.4. The van der Waals surface area contributed by atoms with Crippen LogP contribution in [0.1, 0.15) is 22.6 Å². The van der Waals surface area contributed by atoms with E-state index in [9.17, 15) is 25.2 Å². The van der Waals surface area contributed by atoms with Gasteiger partial charge in [-0.05, 0) is 47.4 Å². The van der Waals surface area contributed by atoms with E-state index >= 15 is 0 Å². The molecule has 0 saturated carbocycles. The van der Waals surface area contributed by atoms with Crippen LogP contribution in [0.2, 0.25) is 0 Å². The van der Waals surface area contributed by atoms with Gasteiger partial charge >= 0.3 is 5.97 Å². The molecule has 0 unspecified atom stereocenters. The van der Waals surface area contributed by atoms with E-state index in [4.69, 9.17) is 9.47 Å². The number of aliphatic hydroxyl groups is 1. The van der Waals surface area contributed by atoms with Crippen LogP contribution in [0.5, 0.6) is 23.0 Å². The highest BCUT2D eigenvalue weighted by molar-refractivity contribution is 5.72. The lowest BCUT2D eigenvalue weighted by Gasteiger charge is -2.37. The topological polar surface area (TPSA) is 116 Å². The third-order valence-electron chi connectivity index (χ3n) is 5.25. The Balaban J connectivity index is 2.22. The average Bonchev–Trinajstić information content (AvgIpc) is 2.66. The van der Waals surface area contributed by atoms with Crippen LogP contribution in [0.25, 0.3) is 0 Å². The summed E-state index contributed by atoms with van der Waals surface area (Å²) in [5, 5.41) is 39.8. The van der Waals surface area contributed by atoms with Crippen molar-refractivity contribution in [1.82, 2.24) is 0 Å². The van der Waals surface area contributed by atoms with Gasteiger partial charge in [0.25, 0.3) is 0 Å². The van der Waals surface area contributed by atoms with E-state index in [0.717, 1.165) is 11.1 Å². The van der Waals surface area contributed by atoms with Gasteiger partial charge in [0.05, 0.1) is 20.1 Å². The molecule has 0 spiro atoms. The summed E-state index contributed by atoms with van der Waals surface area (Å²) in [5.74, 6) is -2.47. The molecule has 0 amide bonds. The van der Waals surface area contributed by atoms with Crippen molar-refractivity contribution in [3.63, 3.8) is 0 Å². The maximum atomic E-state index is 11.9. The molecule has 0 fully saturated rings. The second-order valence-corrected chi connectivity index (χ2v) is 6.63. The van der Waals surface area contributed by atoms with Gasteiger partial charge in [-0.3, -0.25) is 4.79 Å². The predicted octanol–water partition coefficient (Wildman–Crippen LogP) is 2.11. The van der Waals surface area contributed by atoms with Crippen LogP contribution in [0, 0.1) is 11.8 Å². The van der Waals surface area contributed by atoms with Crippen LogP contribution >= 0.6 is 0 Å². The fourth-order valence-electron chi connectivity index (χ4n) is 3.93. The fraction of sp³-hybridized carbons (Fsp3) is 0.350. The van der Waals surface area contributed by atoms with Crippen molar-refractivity contribution in [2.24, 2.45) is 11.8 Å². The number of phenolic OH excluding ortho intramolecular Hbond substituents is 2. The van der Waals surface area contributed by atoms with Crippen LogP contribution in [0.3, 0.4) is 0 Å². The van der Waals surface area contributed by atoms with Gasteiger partial charge < -0.3 is 29.9 Å². The highest BCUT2D eigenvalue weighted by Crippen LogP contribution is 2.47. The number of phenols is 2. The second kappa shape index (κ2) is 7.36. The number of ether oxygens (including phenoxy) is 2. The number of carboxylic acids is 1. The van der Waals surface area contributed by atoms with Gasteiger partial charge in [0.2, 0.25) is 0 Å². The largest absolute Gasteiger partial charge is 0.504 e. The molecule has 0 bridgehead atoms. The first kappa shape index (κ1) is 18.8. The van der Waals surface area contributed by atoms with Crippen molar-refractivity contribution < 1.29 is 34.7 Å². The van der Waals surface area contributed by atoms with Crippen LogP contribution < -0.4 is 9.47 Å². The number of fused-ring (bicyclic) bond motifs is 1. The molecule has 3 rings (SSSR count). The minimum Gasteiger partial charge on any atom is -0.504 e. The molecule has 1 aliphatic rings. The summed E-state index contributed by atoms with van der Waals surface area (Å²) in [6, 6.07) is 7.95. The van der Waals surface area contributed by atoms with Crippen molar-refractivity contribution in [1.29, 1.82) is 0 Å². The number of hydrogen-bond acceptors (Lipinski definition) is 6. The summed E-state index contributed by atoms with van der Waals surface area (Å²) in [6.45, 7) is -0.336. The van der Waals surface area contributed by atoms with Crippen molar-refractivity contribution >= 4 is 5.97 Å². The molecule has 0 aromatic heterocycles. The van der Waals surface area contributed by atoms with E-state index in [1.54, 1.807) is 24.3 Å². The molecule has 0 heterocycles. The zero-order valence-electron chi connectivity index (χ0n) is 15.0. The molecule has 1 aliphatic carbocycles. The molecular formula is C20H22O7. The third kappa shape index (κ3) is 3.26. The molecule has 7 nitrogen and oxygen atoms in total. The van der Waals surface area contributed by atoms with E-state index in [-0.39, 0.29) is 36.0 Å². The van der Waals surface area contributed by atoms with Crippen molar-refractivity contribution in [3.05, 3.63) is 47.0 Å². The van der Waals surface area contributed by atoms with Gasteiger partial charge in [-0.15, -0.1) is 0 Å². The Morgan fingerprint density at radius 2 is 1.74 bits per heavy atom. The Morgan fingerprint density at radius 1 is 1.07 bits per heavy atom. The fourth-order valence-corrected chi connectivity index (χ4v) is 3.93. The number of aliphatic hydroxyl groups excluding tert-OH is 1. The molecule has 0 aliphatic heterocycles. The Morgan fingerprint density at radius 3 is 2.33 bits per heavy atom. The molecule has 144 valence electrons. The Hall–Kier alpha value is -2.93. The number of aromatic hydroxyl groups is 2. The van der Waals surface area contributed by atoms with E-state index in [1.807, 2.05) is 0 Å². The number of hydrogen-bond donors (Lipinski definition) is 4. The first-order valence-corrected chi connectivity index (χ1v) is 8.51. The molecule has 0 radical (unpaired) electrons. The summed E-state index contributed by atoms with van der Waals surface area (Å²) in [5.41, 5.74) is 2.14.